The predicted molar refractivity (Wildman–Crippen MR) is 101 cm³/mol. The van der Waals surface area contributed by atoms with Crippen molar-refractivity contribution in [1.29, 1.82) is 0 Å². The van der Waals surface area contributed by atoms with Gasteiger partial charge in [-0.15, -0.1) is 0 Å². The van der Waals surface area contributed by atoms with Crippen molar-refractivity contribution in [3.8, 4) is 5.75 Å². The number of para-hydroxylation sites is 1. The summed E-state index contributed by atoms with van der Waals surface area (Å²) >= 11 is 0. The second-order valence-corrected chi connectivity index (χ2v) is 6.52. The number of ether oxygens (including phenoxy) is 1. The van der Waals surface area contributed by atoms with Gasteiger partial charge >= 0.3 is 6.61 Å². The number of hydrogen-bond acceptors (Lipinski definition) is 3. The zero-order valence-corrected chi connectivity index (χ0v) is 15.9. The first kappa shape index (κ1) is 20.9. The Bertz CT molecular complexity index is 640. The largest absolute Gasteiger partial charge is 0.434 e. The summed E-state index contributed by atoms with van der Waals surface area (Å²) in [4.78, 5) is 18.4. The van der Waals surface area contributed by atoms with Crippen LogP contribution in [0.3, 0.4) is 0 Å². The van der Waals surface area contributed by atoms with Gasteiger partial charge in [0, 0.05) is 44.7 Å². The summed E-state index contributed by atoms with van der Waals surface area (Å²) in [7, 11) is 1.62. The molecule has 2 rings (SSSR count). The number of piperidine rings is 1. The van der Waals surface area contributed by atoms with Crippen LogP contribution in [-0.2, 0) is 11.3 Å². The zero-order valence-electron chi connectivity index (χ0n) is 15.9. The minimum atomic E-state index is -2.87. The van der Waals surface area contributed by atoms with Gasteiger partial charge in [-0.25, -0.2) is 0 Å². The van der Waals surface area contributed by atoms with E-state index in [9.17, 15) is 13.6 Å². The lowest BCUT2D eigenvalue weighted by Crippen LogP contribution is -2.44. The molecule has 0 bridgehead atoms. The Kier molecular flexibility index (Phi) is 8.29. The van der Waals surface area contributed by atoms with E-state index in [2.05, 4.69) is 27.3 Å². The first-order chi connectivity index (χ1) is 13.0. The fraction of sp³-hybridized carbons (Fsp3) is 0.579. The third kappa shape index (κ3) is 6.69. The number of nitrogens with one attached hydrogen (secondary N) is 2. The van der Waals surface area contributed by atoms with Gasteiger partial charge in [0.25, 0.3) is 0 Å². The van der Waals surface area contributed by atoms with Crippen molar-refractivity contribution >= 4 is 11.9 Å². The second-order valence-electron chi connectivity index (χ2n) is 6.52. The molecular weight excluding hydrogens is 354 g/mol. The number of benzene rings is 1. The number of halogens is 2. The molecule has 150 valence electrons. The van der Waals surface area contributed by atoms with Crippen LogP contribution in [0, 0.1) is 0 Å². The fourth-order valence-corrected chi connectivity index (χ4v) is 3.16. The smallest absolute Gasteiger partial charge is 0.387 e. The van der Waals surface area contributed by atoms with Crippen LogP contribution in [0.15, 0.2) is 29.3 Å². The number of nitrogens with zero attached hydrogens (tertiary/aromatic N) is 2. The maximum absolute atomic E-state index is 12.5. The van der Waals surface area contributed by atoms with Gasteiger partial charge in [0.2, 0.25) is 5.91 Å². The Balaban J connectivity index is 1.79. The first-order valence-corrected chi connectivity index (χ1v) is 9.28. The van der Waals surface area contributed by atoms with E-state index in [0.717, 1.165) is 19.4 Å². The van der Waals surface area contributed by atoms with Gasteiger partial charge in [-0.1, -0.05) is 18.2 Å². The molecule has 0 aromatic heterocycles. The van der Waals surface area contributed by atoms with Crippen LogP contribution in [0.5, 0.6) is 5.75 Å². The highest BCUT2D eigenvalue weighted by Gasteiger charge is 2.22. The van der Waals surface area contributed by atoms with Crippen molar-refractivity contribution in [2.45, 2.75) is 51.8 Å². The van der Waals surface area contributed by atoms with Gasteiger partial charge in [-0.2, -0.15) is 8.78 Å². The Hall–Kier alpha value is -2.38. The van der Waals surface area contributed by atoms with Crippen molar-refractivity contribution in [3.63, 3.8) is 0 Å². The van der Waals surface area contributed by atoms with E-state index >= 15 is 0 Å². The van der Waals surface area contributed by atoms with Crippen LogP contribution in [0.1, 0.15) is 38.2 Å². The Morgan fingerprint density at radius 3 is 2.81 bits per heavy atom. The molecule has 0 spiro atoms. The van der Waals surface area contributed by atoms with Crippen LogP contribution >= 0.6 is 0 Å². The lowest BCUT2D eigenvalue weighted by atomic mass is 10.0. The van der Waals surface area contributed by atoms with Crippen LogP contribution < -0.4 is 15.4 Å². The van der Waals surface area contributed by atoms with Crippen molar-refractivity contribution < 1.29 is 18.3 Å². The molecule has 1 fully saturated rings. The molecule has 1 atom stereocenters. The molecule has 2 N–H and O–H groups in total. The molecule has 6 nitrogen and oxygen atoms in total. The van der Waals surface area contributed by atoms with Gasteiger partial charge in [0.15, 0.2) is 5.96 Å². The summed E-state index contributed by atoms with van der Waals surface area (Å²) in [6, 6.07) is 6.90. The van der Waals surface area contributed by atoms with Gasteiger partial charge < -0.3 is 20.3 Å². The van der Waals surface area contributed by atoms with Gasteiger partial charge in [0.05, 0.1) is 0 Å². The van der Waals surface area contributed by atoms with Crippen molar-refractivity contribution in [2.75, 3.05) is 20.1 Å². The normalized spacial score (nSPS) is 17.7. The monoisotopic (exact) mass is 382 g/mol. The molecule has 0 radical (unpaired) electrons. The third-order valence-corrected chi connectivity index (χ3v) is 4.61. The summed E-state index contributed by atoms with van der Waals surface area (Å²) in [5.74, 6) is 0.770. The van der Waals surface area contributed by atoms with E-state index in [1.165, 1.54) is 12.5 Å². The van der Waals surface area contributed by atoms with Crippen LogP contribution in [-0.4, -0.2) is 49.6 Å². The van der Waals surface area contributed by atoms with Gasteiger partial charge in [-0.3, -0.25) is 9.79 Å². The van der Waals surface area contributed by atoms with E-state index in [4.69, 9.17) is 0 Å². The molecule has 1 aromatic carbocycles. The van der Waals surface area contributed by atoms with E-state index in [1.807, 2.05) is 4.90 Å². The van der Waals surface area contributed by atoms with Gasteiger partial charge in [0.1, 0.15) is 5.75 Å². The van der Waals surface area contributed by atoms with Crippen LogP contribution in [0.25, 0.3) is 0 Å². The summed E-state index contributed by atoms with van der Waals surface area (Å²) in [5, 5.41) is 6.14. The van der Waals surface area contributed by atoms with E-state index in [0.29, 0.717) is 30.5 Å². The summed E-state index contributed by atoms with van der Waals surface area (Å²) in [5.41, 5.74) is 0.596. The summed E-state index contributed by atoms with van der Waals surface area (Å²) in [6.07, 6.45) is 3.68. The number of carbonyl (C=O) groups is 1. The molecule has 27 heavy (non-hydrogen) atoms. The van der Waals surface area contributed by atoms with Crippen molar-refractivity contribution in [3.05, 3.63) is 29.8 Å². The number of carbonyl (C=O) groups excluding carboxylic acids is 1. The number of aliphatic imine (C=N–C) groups is 1. The SMILES string of the molecule is CN=C(NCCC(=O)N1CCCCC1C)NCc1ccccc1OC(F)F. The third-order valence-electron chi connectivity index (χ3n) is 4.61. The van der Waals surface area contributed by atoms with Crippen molar-refractivity contribution in [1.82, 2.24) is 15.5 Å². The lowest BCUT2D eigenvalue weighted by molar-refractivity contribution is -0.134. The molecule has 8 heteroatoms. The van der Waals surface area contributed by atoms with Gasteiger partial charge in [-0.05, 0) is 32.3 Å². The molecule has 1 aliphatic rings. The van der Waals surface area contributed by atoms with Crippen LogP contribution in [0.4, 0.5) is 8.78 Å². The predicted octanol–water partition coefficient (Wildman–Crippen LogP) is 2.74. The molecule has 0 aliphatic carbocycles. The standard InChI is InChI=1S/C19H28F2N4O2/c1-14-7-5-6-12-25(14)17(26)10-11-23-19(22-2)24-13-15-8-3-4-9-16(15)27-18(20)21/h3-4,8-9,14,18H,5-7,10-13H2,1-2H3,(H2,22,23,24). The number of hydrogen-bond donors (Lipinski definition) is 2. The highest BCUT2D eigenvalue weighted by molar-refractivity contribution is 5.81. The average Bonchev–Trinajstić information content (AvgIpc) is 2.65. The maximum Gasteiger partial charge on any atom is 0.387 e. The molecule has 1 heterocycles. The summed E-state index contributed by atoms with van der Waals surface area (Å²) in [6.45, 7) is 0.778. The highest BCUT2D eigenvalue weighted by Crippen LogP contribution is 2.20. The molecule has 1 aliphatic heterocycles. The molecule has 1 unspecified atom stereocenters. The second kappa shape index (κ2) is 10.7. The number of guanidine groups is 1. The summed E-state index contributed by atoms with van der Waals surface area (Å²) < 4.78 is 29.5. The lowest BCUT2D eigenvalue weighted by Gasteiger charge is -2.33. The van der Waals surface area contributed by atoms with E-state index < -0.39 is 6.61 Å². The molecule has 0 saturated carbocycles. The number of rotatable bonds is 7. The first-order valence-electron chi connectivity index (χ1n) is 9.28. The Morgan fingerprint density at radius 2 is 2.11 bits per heavy atom. The Morgan fingerprint density at radius 1 is 1.33 bits per heavy atom. The molecule has 1 saturated heterocycles. The maximum atomic E-state index is 12.5. The van der Waals surface area contributed by atoms with Crippen LogP contribution in [0.2, 0.25) is 0 Å². The topological polar surface area (TPSA) is 66.0 Å². The molecule has 1 amide bonds. The van der Waals surface area contributed by atoms with E-state index in [1.54, 1.807) is 25.2 Å². The minimum Gasteiger partial charge on any atom is -0.434 e. The highest BCUT2D eigenvalue weighted by atomic mass is 19.3. The fourth-order valence-electron chi connectivity index (χ4n) is 3.16. The minimum absolute atomic E-state index is 0.129. The molecule has 1 aromatic rings. The Labute approximate surface area is 159 Å². The quantitative estimate of drug-likeness (QED) is 0.562. The van der Waals surface area contributed by atoms with Crippen molar-refractivity contribution in [2.24, 2.45) is 4.99 Å². The molecular formula is C19H28F2N4O2. The average molecular weight is 382 g/mol. The van der Waals surface area contributed by atoms with E-state index in [-0.39, 0.29) is 18.2 Å². The zero-order chi connectivity index (χ0) is 19.6. The number of likely N-dealkylation sites (tertiary alicyclic amines) is 1. The number of amides is 1. The number of alkyl halides is 2.